The van der Waals surface area contributed by atoms with E-state index in [9.17, 15) is 4.79 Å². The number of nitrogens with one attached hydrogen (secondary N) is 1. The van der Waals surface area contributed by atoms with Gasteiger partial charge in [0.15, 0.2) is 11.6 Å². The number of carbonyl (C=O) groups excluding carboxylic acids is 1. The van der Waals surface area contributed by atoms with Crippen LogP contribution >= 0.6 is 0 Å². The second-order valence-electron chi connectivity index (χ2n) is 4.71. The highest BCUT2D eigenvalue weighted by Crippen LogP contribution is 2.24. The van der Waals surface area contributed by atoms with Crippen LogP contribution in [0.15, 0.2) is 36.4 Å². The van der Waals surface area contributed by atoms with E-state index in [1.165, 1.54) is 5.56 Å². The molecule has 0 radical (unpaired) electrons. The maximum atomic E-state index is 11.3. The molecule has 0 saturated heterocycles. The topological polar surface area (TPSA) is 67.3 Å². The first-order valence-electron chi connectivity index (χ1n) is 7.25. The number of ether oxygens (including phenoxy) is 1. The van der Waals surface area contributed by atoms with E-state index in [1.54, 1.807) is 13.0 Å². The van der Waals surface area contributed by atoms with Crippen LogP contribution in [0.2, 0.25) is 0 Å². The fourth-order valence-electron chi connectivity index (χ4n) is 2.08. The summed E-state index contributed by atoms with van der Waals surface area (Å²) in [5, 5.41) is 10.7. The van der Waals surface area contributed by atoms with E-state index >= 15 is 0 Å². The summed E-state index contributed by atoms with van der Waals surface area (Å²) in [4.78, 5) is 13.4. The van der Waals surface area contributed by atoms with Crippen molar-refractivity contribution in [3.8, 4) is 0 Å². The molecule has 1 aromatic carbocycles. The van der Waals surface area contributed by atoms with Gasteiger partial charge in [0.25, 0.3) is 0 Å². The summed E-state index contributed by atoms with van der Waals surface area (Å²) in [5.41, 5.74) is 2.24. The molecular weight excluding hydrogens is 280 g/mol. The molecular formula is C16H20N4O2. The zero-order valence-corrected chi connectivity index (χ0v) is 13.0. The summed E-state index contributed by atoms with van der Waals surface area (Å²) in [6.45, 7) is 6.93. The van der Waals surface area contributed by atoms with Crippen LogP contribution in [0.25, 0.3) is 0 Å². The van der Waals surface area contributed by atoms with E-state index in [-0.39, 0.29) is 0 Å². The lowest BCUT2D eigenvalue weighted by molar-refractivity contribution is 0.168. The van der Waals surface area contributed by atoms with Crippen molar-refractivity contribution in [3.63, 3.8) is 0 Å². The van der Waals surface area contributed by atoms with Crippen LogP contribution in [0.5, 0.6) is 0 Å². The van der Waals surface area contributed by atoms with Crippen molar-refractivity contribution in [2.24, 2.45) is 0 Å². The van der Waals surface area contributed by atoms with E-state index in [1.807, 2.05) is 23.1 Å². The van der Waals surface area contributed by atoms with Gasteiger partial charge in [-0.25, -0.2) is 4.79 Å². The van der Waals surface area contributed by atoms with Gasteiger partial charge in [0.1, 0.15) is 0 Å². The second kappa shape index (κ2) is 7.40. The monoisotopic (exact) mass is 300 g/mol. The number of carbonyl (C=O) groups is 1. The van der Waals surface area contributed by atoms with Crippen LogP contribution in [0, 0.1) is 6.92 Å². The lowest BCUT2D eigenvalue weighted by Gasteiger charge is -2.22. The highest BCUT2D eigenvalue weighted by molar-refractivity contribution is 5.83. The number of benzene rings is 1. The molecule has 0 spiro atoms. The summed E-state index contributed by atoms with van der Waals surface area (Å²) in [6.07, 6.45) is -0.532. The van der Waals surface area contributed by atoms with E-state index in [0.29, 0.717) is 12.4 Å². The predicted molar refractivity (Wildman–Crippen MR) is 86.5 cm³/mol. The zero-order valence-electron chi connectivity index (χ0n) is 13.0. The summed E-state index contributed by atoms with van der Waals surface area (Å²) >= 11 is 0. The Morgan fingerprint density at radius 2 is 2.05 bits per heavy atom. The molecule has 0 aliphatic carbocycles. The maximum Gasteiger partial charge on any atom is 0.412 e. The number of aromatic nitrogens is 2. The molecule has 0 bridgehead atoms. The smallest absolute Gasteiger partial charge is 0.412 e. The molecule has 2 aromatic rings. The number of hydrogen-bond acceptors (Lipinski definition) is 5. The van der Waals surface area contributed by atoms with Crippen molar-refractivity contribution < 1.29 is 9.53 Å². The van der Waals surface area contributed by atoms with E-state index in [2.05, 4.69) is 41.5 Å². The van der Waals surface area contributed by atoms with Gasteiger partial charge in [0.2, 0.25) is 0 Å². The Labute approximate surface area is 130 Å². The van der Waals surface area contributed by atoms with Crippen molar-refractivity contribution in [2.45, 2.75) is 20.8 Å². The first-order valence-corrected chi connectivity index (χ1v) is 7.25. The number of hydrogen-bond donors (Lipinski definition) is 1. The Morgan fingerprint density at radius 1 is 1.23 bits per heavy atom. The molecule has 1 aromatic heterocycles. The molecule has 1 N–H and O–H groups in total. The number of aryl methyl sites for hydroxylation is 1. The van der Waals surface area contributed by atoms with Gasteiger partial charge in [0, 0.05) is 12.2 Å². The van der Waals surface area contributed by atoms with Crippen molar-refractivity contribution in [1.29, 1.82) is 0 Å². The summed E-state index contributed by atoms with van der Waals surface area (Å²) < 4.78 is 4.80. The average Bonchev–Trinajstić information content (AvgIpc) is 2.50. The predicted octanol–water partition coefficient (Wildman–Crippen LogP) is 3.51. The minimum Gasteiger partial charge on any atom is -0.450 e. The first-order chi connectivity index (χ1) is 10.6. The van der Waals surface area contributed by atoms with Gasteiger partial charge in [-0.3, -0.25) is 5.32 Å². The molecule has 1 heterocycles. The van der Waals surface area contributed by atoms with Crippen LogP contribution in [0.3, 0.4) is 0 Å². The molecule has 1 amide bonds. The molecule has 0 aliphatic heterocycles. The van der Waals surface area contributed by atoms with Gasteiger partial charge < -0.3 is 9.64 Å². The minimum absolute atomic E-state index is 0.314. The number of nitrogens with zero attached hydrogens (tertiary/aromatic N) is 3. The van der Waals surface area contributed by atoms with Gasteiger partial charge in [-0.05, 0) is 50.6 Å². The fourth-order valence-corrected chi connectivity index (χ4v) is 2.08. The van der Waals surface area contributed by atoms with Gasteiger partial charge in [-0.15, -0.1) is 10.2 Å². The summed E-state index contributed by atoms with van der Waals surface area (Å²) in [5.74, 6) is 1.09. The van der Waals surface area contributed by atoms with Crippen LogP contribution in [0.1, 0.15) is 19.4 Å². The quantitative estimate of drug-likeness (QED) is 0.915. The largest absolute Gasteiger partial charge is 0.450 e. The molecule has 6 heteroatoms. The van der Waals surface area contributed by atoms with Gasteiger partial charge in [-0.1, -0.05) is 12.1 Å². The number of amides is 1. The maximum absolute atomic E-state index is 11.3. The lowest BCUT2D eigenvalue weighted by Crippen LogP contribution is -2.19. The van der Waals surface area contributed by atoms with Gasteiger partial charge in [-0.2, -0.15) is 0 Å². The second-order valence-corrected chi connectivity index (χ2v) is 4.71. The summed E-state index contributed by atoms with van der Waals surface area (Å²) in [7, 11) is 0. The van der Waals surface area contributed by atoms with Crippen molar-refractivity contribution in [1.82, 2.24) is 10.2 Å². The third-order valence-electron chi connectivity index (χ3n) is 3.06. The molecule has 22 heavy (non-hydrogen) atoms. The first kappa shape index (κ1) is 15.8. The third kappa shape index (κ3) is 3.94. The lowest BCUT2D eigenvalue weighted by atomic mass is 10.2. The third-order valence-corrected chi connectivity index (χ3v) is 3.06. The average molecular weight is 300 g/mol. The molecule has 0 atom stereocenters. The SMILES string of the molecule is CCOC(=O)Nc1ccc(N(CC)c2cccc(C)c2)nn1. The zero-order chi connectivity index (χ0) is 15.9. The van der Waals surface area contributed by atoms with Crippen LogP contribution in [-0.2, 0) is 4.74 Å². The van der Waals surface area contributed by atoms with Gasteiger partial charge >= 0.3 is 6.09 Å². The molecule has 0 fully saturated rings. The molecule has 0 aliphatic rings. The minimum atomic E-state index is -0.532. The molecule has 116 valence electrons. The summed E-state index contributed by atoms with van der Waals surface area (Å²) in [6, 6.07) is 11.7. The van der Waals surface area contributed by atoms with Crippen molar-refractivity contribution in [2.75, 3.05) is 23.4 Å². The number of anilines is 3. The Balaban J connectivity index is 2.15. The normalized spacial score (nSPS) is 10.1. The Bertz CT molecular complexity index is 628. The molecule has 0 saturated carbocycles. The fraction of sp³-hybridized carbons (Fsp3) is 0.312. The van der Waals surface area contributed by atoms with E-state index in [4.69, 9.17) is 4.74 Å². The van der Waals surface area contributed by atoms with Gasteiger partial charge in [0.05, 0.1) is 6.61 Å². The van der Waals surface area contributed by atoms with Crippen LogP contribution < -0.4 is 10.2 Å². The van der Waals surface area contributed by atoms with Crippen LogP contribution in [0.4, 0.5) is 22.1 Å². The molecule has 0 unspecified atom stereocenters. The highest BCUT2D eigenvalue weighted by atomic mass is 16.5. The standard InChI is InChI=1S/C16H20N4O2/c1-4-20(13-8-6-7-12(3)11-13)15-10-9-14(18-19-15)17-16(21)22-5-2/h6-11H,4-5H2,1-3H3,(H,17,18,21). The Morgan fingerprint density at radius 3 is 2.64 bits per heavy atom. The molecule has 6 nitrogen and oxygen atoms in total. The molecule has 2 rings (SSSR count). The van der Waals surface area contributed by atoms with E-state index in [0.717, 1.165) is 18.1 Å². The Kier molecular flexibility index (Phi) is 5.30. The number of rotatable bonds is 5. The van der Waals surface area contributed by atoms with Crippen LogP contribution in [-0.4, -0.2) is 29.4 Å². The Hall–Kier alpha value is -2.63. The van der Waals surface area contributed by atoms with Crippen molar-refractivity contribution in [3.05, 3.63) is 42.0 Å². The van der Waals surface area contributed by atoms with E-state index < -0.39 is 6.09 Å². The van der Waals surface area contributed by atoms with Crippen molar-refractivity contribution >= 4 is 23.4 Å². The highest BCUT2D eigenvalue weighted by Gasteiger charge is 2.10.